The predicted molar refractivity (Wildman–Crippen MR) is 72.8 cm³/mol. The average Bonchev–Trinajstić information content (AvgIpc) is 2.45. The number of aromatic nitrogens is 2. The van der Waals surface area contributed by atoms with Crippen LogP contribution in [0.5, 0.6) is 0 Å². The summed E-state index contributed by atoms with van der Waals surface area (Å²) >= 11 is 5.83. The molecule has 1 unspecified atom stereocenters. The second-order valence-electron chi connectivity index (χ2n) is 4.31. The highest BCUT2D eigenvalue weighted by atomic mass is 35.5. The van der Waals surface area contributed by atoms with Crippen LogP contribution in [0.25, 0.3) is 0 Å². The highest BCUT2D eigenvalue weighted by molar-refractivity contribution is 6.32. The fourth-order valence-electron chi connectivity index (χ4n) is 2.02. The van der Waals surface area contributed by atoms with Crippen LogP contribution in [0.1, 0.15) is 17.3 Å². The van der Waals surface area contributed by atoms with Crippen LogP contribution in [0, 0.1) is 0 Å². The van der Waals surface area contributed by atoms with E-state index in [2.05, 4.69) is 27.1 Å². The second kappa shape index (κ2) is 6.79. The van der Waals surface area contributed by atoms with Gasteiger partial charge in [0.2, 0.25) is 0 Å². The molecule has 1 aliphatic rings. The molecular formula is C12H17ClN4O2. The zero-order chi connectivity index (χ0) is 13.7. The third-order valence-corrected chi connectivity index (χ3v) is 3.42. The van der Waals surface area contributed by atoms with Gasteiger partial charge in [-0.2, -0.15) is 0 Å². The van der Waals surface area contributed by atoms with E-state index >= 15 is 0 Å². The number of nitrogens with one attached hydrogen (secondary N) is 1. The van der Waals surface area contributed by atoms with Gasteiger partial charge in [0, 0.05) is 19.6 Å². The number of hydrogen-bond donors (Lipinski definition) is 1. The molecule has 7 heteroatoms. The number of nitrogens with zero attached hydrogens (tertiary/aromatic N) is 3. The van der Waals surface area contributed by atoms with Crippen molar-refractivity contribution >= 4 is 23.7 Å². The molecule has 1 N–H and O–H groups in total. The van der Waals surface area contributed by atoms with Gasteiger partial charge in [0.15, 0.2) is 6.29 Å². The average molecular weight is 285 g/mol. The first kappa shape index (κ1) is 14.2. The highest BCUT2D eigenvalue weighted by Gasteiger charge is 2.19. The van der Waals surface area contributed by atoms with Gasteiger partial charge in [0.05, 0.1) is 18.3 Å². The van der Waals surface area contributed by atoms with Crippen LogP contribution in [0.3, 0.4) is 0 Å². The van der Waals surface area contributed by atoms with E-state index in [0.29, 0.717) is 18.6 Å². The van der Waals surface area contributed by atoms with Crippen LogP contribution in [0.4, 0.5) is 5.82 Å². The van der Waals surface area contributed by atoms with Crippen molar-refractivity contribution in [1.82, 2.24) is 14.9 Å². The van der Waals surface area contributed by atoms with Gasteiger partial charge in [0.25, 0.3) is 0 Å². The van der Waals surface area contributed by atoms with Crippen molar-refractivity contribution in [2.45, 2.75) is 13.0 Å². The first-order chi connectivity index (χ1) is 9.24. The van der Waals surface area contributed by atoms with Gasteiger partial charge in [-0.25, -0.2) is 9.97 Å². The van der Waals surface area contributed by atoms with Crippen LogP contribution < -0.4 is 5.32 Å². The predicted octanol–water partition coefficient (Wildman–Crippen LogP) is 1.08. The molecule has 1 atom stereocenters. The number of morpholine rings is 1. The van der Waals surface area contributed by atoms with Gasteiger partial charge in [-0.05, 0) is 6.54 Å². The Labute approximate surface area is 117 Å². The molecule has 0 bridgehead atoms. The number of carbonyl (C=O) groups is 1. The van der Waals surface area contributed by atoms with E-state index < -0.39 is 0 Å². The molecule has 0 saturated carbocycles. The Hall–Kier alpha value is -1.24. The van der Waals surface area contributed by atoms with Gasteiger partial charge in [-0.3, -0.25) is 9.69 Å². The van der Waals surface area contributed by atoms with Crippen LogP contribution in [0.15, 0.2) is 6.33 Å². The molecule has 6 nitrogen and oxygen atoms in total. The monoisotopic (exact) mass is 284 g/mol. The molecule has 1 saturated heterocycles. The molecule has 1 aromatic rings. The Bertz CT molecular complexity index is 444. The Morgan fingerprint density at radius 2 is 2.47 bits per heavy atom. The van der Waals surface area contributed by atoms with Gasteiger partial charge < -0.3 is 10.1 Å². The van der Waals surface area contributed by atoms with Crippen molar-refractivity contribution in [3.63, 3.8) is 0 Å². The second-order valence-corrected chi connectivity index (χ2v) is 4.67. The fourth-order valence-corrected chi connectivity index (χ4v) is 2.20. The maximum absolute atomic E-state index is 11.0. The molecule has 0 aromatic carbocycles. The zero-order valence-electron chi connectivity index (χ0n) is 10.8. The number of ether oxygens (including phenoxy) is 1. The number of hydrogen-bond acceptors (Lipinski definition) is 6. The minimum Gasteiger partial charge on any atom is -0.374 e. The van der Waals surface area contributed by atoms with E-state index in [4.69, 9.17) is 16.3 Å². The maximum Gasteiger partial charge on any atom is 0.156 e. The summed E-state index contributed by atoms with van der Waals surface area (Å²) in [5.74, 6) is 0.451. The molecule has 1 aliphatic heterocycles. The molecule has 0 radical (unpaired) electrons. The summed E-state index contributed by atoms with van der Waals surface area (Å²) in [5, 5.41) is 3.26. The number of aldehydes is 1. The van der Waals surface area contributed by atoms with Crippen molar-refractivity contribution in [2.75, 3.05) is 38.1 Å². The summed E-state index contributed by atoms with van der Waals surface area (Å²) < 4.78 is 5.67. The van der Waals surface area contributed by atoms with Crippen molar-refractivity contribution in [2.24, 2.45) is 0 Å². The summed E-state index contributed by atoms with van der Waals surface area (Å²) in [5.41, 5.74) is 0.285. The number of anilines is 1. The van der Waals surface area contributed by atoms with Crippen molar-refractivity contribution < 1.29 is 9.53 Å². The lowest BCUT2D eigenvalue weighted by Crippen LogP contribution is -2.45. The highest BCUT2D eigenvalue weighted by Crippen LogP contribution is 2.17. The van der Waals surface area contributed by atoms with E-state index in [1.165, 1.54) is 6.33 Å². The molecule has 19 heavy (non-hydrogen) atoms. The van der Waals surface area contributed by atoms with Crippen LogP contribution in [-0.4, -0.2) is 60.0 Å². The first-order valence-corrected chi connectivity index (χ1v) is 6.66. The molecule has 0 amide bonds. The van der Waals surface area contributed by atoms with E-state index in [1.807, 2.05) is 0 Å². The fraction of sp³-hybridized carbons (Fsp3) is 0.583. The van der Waals surface area contributed by atoms with Crippen LogP contribution in [0.2, 0.25) is 5.15 Å². The summed E-state index contributed by atoms with van der Waals surface area (Å²) in [4.78, 5) is 21.1. The molecule has 0 spiro atoms. The maximum atomic E-state index is 11.0. The smallest absolute Gasteiger partial charge is 0.156 e. The lowest BCUT2D eigenvalue weighted by molar-refractivity contribution is -0.0192. The third kappa shape index (κ3) is 3.62. The van der Waals surface area contributed by atoms with Crippen LogP contribution in [-0.2, 0) is 4.74 Å². The molecule has 1 aromatic heterocycles. The number of rotatable bonds is 5. The number of likely N-dealkylation sites (N-methyl/N-ethyl adjacent to an activating group) is 1. The summed E-state index contributed by atoms with van der Waals surface area (Å²) in [7, 11) is 0. The summed E-state index contributed by atoms with van der Waals surface area (Å²) in [6.07, 6.45) is 2.07. The topological polar surface area (TPSA) is 67.3 Å². The van der Waals surface area contributed by atoms with Gasteiger partial charge >= 0.3 is 0 Å². The standard InChI is InChI=1S/C12H17ClN4O2/c1-2-17-3-4-19-9(6-17)5-14-12-10(7-18)11(13)15-8-16-12/h7-9H,2-6H2,1H3,(H,14,15,16). The lowest BCUT2D eigenvalue weighted by Gasteiger charge is -2.32. The van der Waals surface area contributed by atoms with E-state index in [9.17, 15) is 4.79 Å². The van der Waals surface area contributed by atoms with Crippen molar-refractivity contribution in [3.8, 4) is 0 Å². The molecular weight excluding hydrogens is 268 g/mol. The molecule has 2 rings (SSSR count). The van der Waals surface area contributed by atoms with Gasteiger partial charge in [0.1, 0.15) is 17.3 Å². The minimum atomic E-state index is 0.0851. The quantitative estimate of drug-likeness (QED) is 0.644. The molecule has 1 fully saturated rings. The molecule has 0 aliphatic carbocycles. The van der Waals surface area contributed by atoms with E-state index in [1.54, 1.807) is 0 Å². The van der Waals surface area contributed by atoms with Crippen LogP contribution >= 0.6 is 11.6 Å². The zero-order valence-corrected chi connectivity index (χ0v) is 11.6. The normalized spacial score (nSPS) is 20.2. The largest absolute Gasteiger partial charge is 0.374 e. The minimum absolute atomic E-state index is 0.0851. The van der Waals surface area contributed by atoms with Crippen molar-refractivity contribution in [1.29, 1.82) is 0 Å². The Balaban J connectivity index is 1.95. The number of halogens is 1. The van der Waals surface area contributed by atoms with Crippen molar-refractivity contribution in [3.05, 3.63) is 17.0 Å². The van der Waals surface area contributed by atoms with E-state index in [-0.39, 0.29) is 16.8 Å². The summed E-state index contributed by atoms with van der Waals surface area (Å²) in [6.45, 7) is 6.30. The third-order valence-electron chi connectivity index (χ3n) is 3.12. The Morgan fingerprint density at radius 3 is 3.21 bits per heavy atom. The Morgan fingerprint density at radius 1 is 1.63 bits per heavy atom. The SMILES string of the molecule is CCN1CCOC(CNc2ncnc(Cl)c2C=O)C1. The number of carbonyl (C=O) groups excluding carboxylic acids is 1. The summed E-state index contributed by atoms with van der Waals surface area (Å²) in [6, 6.07) is 0. The Kier molecular flexibility index (Phi) is 5.07. The van der Waals surface area contributed by atoms with Gasteiger partial charge in [-0.15, -0.1) is 0 Å². The first-order valence-electron chi connectivity index (χ1n) is 6.28. The molecule has 2 heterocycles. The van der Waals surface area contributed by atoms with Gasteiger partial charge in [-0.1, -0.05) is 18.5 Å². The molecule has 104 valence electrons. The lowest BCUT2D eigenvalue weighted by atomic mass is 10.2. The van der Waals surface area contributed by atoms with E-state index in [0.717, 1.165) is 26.2 Å².